The number of phosphoric acid groups is 1. The van der Waals surface area contributed by atoms with E-state index in [-0.39, 0.29) is 25.8 Å². The van der Waals surface area contributed by atoms with Gasteiger partial charge in [-0.15, -0.1) is 0 Å². The average molecular weight is 832 g/mol. The highest BCUT2D eigenvalue weighted by Gasteiger charge is 2.20. The Hall–Kier alpha value is -0.500. The fraction of sp³-hybridized carbons (Fsp3) is 0.979. The molecule has 0 rings (SSSR count). The van der Waals surface area contributed by atoms with E-state index in [1.165, 1.54) is 193 Å². The Morgan fingerprint density at radius 2 is 0.807 bits per heavy atom. The molecule has 0 aliphatic rings. The first kappa shape index (κ1) is 56.5. The van der Waals surface area contributed by atoms with Gasteiger partial charge in [-0.05, 0) is 12.8 Å². The van der Waals surface area contributed by atoms with Crippen molar-refractivity contribution in [3.8, 4) is 0 Å². The molecule has 0 fully saturated rings. The molecule has 2 atom stereocenters. The molecule has 342 valence electrons. The first-order chi connectivity index (χ1) is 27.6. The second kappa shape index (κ2) is 42.2. The van der Waals surface area contributed by atoms with E-state index in [1.54, 1.807) is 0 Å². The Balaban J connectivity index is 3.95. The lowest BCUT2D eigenvalue weighted by Crippen LogP contribution is -2.37. The minimum Gasteiger partial charge on any atom is -0.756 e. The number of carbonyl (C=O) groups excluding carboxylic acids is 1. The molecular weight excluding hydrogens is 734 g/mol. The standard InChI is InChI=1S/C48H98NO7P/c1-6-8-10-12-14-16-18-19-20-21-22-23-24-25-26-27-28-29-30-31-32-34-36-38-40-43-53-45-47(46-55-57(51,52)54-44-42-49(3,4)5)56-48(50)41-39-37-35-33-17-15-13-11-9-7-2/h47H,6-46H2,1-5H3. The number of likely N-dealkylation sites (N-methyl/N-ethyl adjacent to an activating group) is 1. The normalized spacial score (nSPS) is 13.6. The van der Waals surface area contributed by atoms with Crippen molar-refractivity contribution >= 4 is 13.8 Å². The van der Waals surface area contributed by atoms with Crippen molar-refractivity contribution in [1.29, 1.82) is 0 Å². The molecule has 2 unspecified atom stereocenters. The van der Waals surface area contributed by atoms with E-state index >= 15 is 0 Å². The zero-order chi connectivity index (χ0) is 42.0. The van der Waals surface area contributed by atoms with Crippen LogP contribution in [-0.2, 0) is 27.9 Å². The summed E-state index contributed by atoms with van der Waals surface area (Å²) in [4.78, 5) is 25.0. The van der Waals surface area contributed by atoms with Crippen LogP contribution in [0.25, 0.3) is 0 Å². The maximum Gasteiger partial charge on any atom is 0.306 e. The molecule has 9 heteroatoms. The summed E-state index contributed by atoms with van der Waals surface area (Å²) in [6.07, 6.45) is 45.7. The molecule has 0 saturated heterocycles. The van der Waals surface area contributed by atoms with Crippen molar-refractivity contribution < 1.29 is 37.3 Å². The molecule has 0 amide bonds. The van der Waals surface area contributed by atoms with Crippen LogP contribution in [0.3, 0.4) is 0 Å². The molecule has 0 heterocycles. The van der Waals surface area contributed by atoms with Crippen molar-refractivity contribution in [1.82, 2.24) is 0 Å². The van der Waals surface area contributed by atoms with E-state index < -0.39 is 13.9 Å². The largest absolute Gasteiger partial charge is 0.756 e. The van der Waals surface area contributed by atoms with Gasteiger partial charge in [0, 0.05) is 13.0 Å². The summed E-state index contributed by atoms with van der Waals surface area (Å²) < 4.78 is 34.6. The summed E-state index contributed by atoms with van der Waals surface area (Å²) >= 11 is 0. The molecule has 0 aromatic carbocycles. The number of esters is 1. The molecule has 0 spiro atoms. The van der Waals surface area contributed by atoms with Crippen molar-refractivity contribution in [2.75, 3.05) is 54.1 Å². The molecule has 8 nitrogen and oxygen atoms in total. The zero-order valence-corrected chi connectivity index (χ0v) is 39.7. The molecular formula is C48H98NO7P. The number of carbonyl (C=O) groups is 1. The van der Waals surface area contributed by atoms with E-state index in [0.717, 1.165) is 32.1 Å². The zero-order valence-electron chi connectivity index (χ0n) is 38.8. The van der Waals surface area contributed by atoms with Crippen LogP contribution in [0.4, 0.5) is 0 Å². The van der Waals surface area contributed by atoms with Crippen molar-refractivity contribution in [2.24, 2.45) is 0 Å². The lowest BCUT2D eigenvalue weighted by atomic mass is 10.0. The number of hydrogen-bond donors (Lipinski definition) is 0. The third-order valence-electron chi connectivity index (χ3n) is 11.2. The smallest absolute Gasteiger partial charge is 0.306 e. The molecule has 57 heavy (non-hydrogen) atoms. The van der Waals surface area contributed by atoms with Gasteiger partial charge in [-0.25, -0.2) is 0 Å². The van der Waals surface area contributed by atoms with Crippen LogP contribution < -0.4 is 4.89 Å². The first-order valence-electron chi connectivity index (χ1n) is 24.8. The topological polar surface area (TPSA) is 94.1 Å². The van der Waals surface area contributed by atoms with Crippen LogP contribution >= 0.6 is 7.82 Å². The number of hydrogen-bond acceptors (Lipinski definition) is 7. The third-order valence-corrected chi connectivity index (χ3v) is 12.1. The molecule has 0 radical (unpaired) electrons. The summed E-state index contributed by atoms with van der Waals surface area (Å²) in [5.41, 5.74) is 0. The minimum atomic E-state index is -4.51. The highest BCUT2D eigenvalue weighted by molar-refractivity contribution is 7.45. The predicted octanol–water partition coefficient (Wildman–Crippen LogP) is 14.2. The van der Waals surface area contributed by atoms with Crippen LogP contribution in [0.5, 0.6) is 0 Å². The number of phosphoric ester groups is 1. The monoisotopic (exact) mass is 832 g/mol. The second-order valence-corrected chi connectivity index (χ2v) is 19.6. The maximum atomic E-state index is 12.6. The molecule has 0 bridgehead atoms. The summed E-state index contributed by atoms with van der Waals surface area (Å²) in [6, 6.07) is 0. The highest BCUT2D eigenvalue weighted by atomic mass is 31.2. The molecule has 0 aliphatic heterocycles. The van der Waals surface area contributed by atoms with Crippen LogP contribution in [0, 0.1) is 0 Å². The van der Waals surface area contributed by atoms with Gasteiger partial charge in [0.25, 0.3) is 7.82 Å². The number of rotatable bonds is 47. The fourth-order valence-electron chi connectivity index (χ4n) is 7.31. The van der Waals surface area contributed by atoms with Gasteiger partial charge in [-0.2, -0.15) is 0 Å². The number of ether oxygens (including phenoxy) is 2. The SMILES string of the molecule is CCCCCCCCCCCCCCCCCCCCCCCCCCCOCC(COP(=O)([O-])OCC[N+](C)(C)C)OC(=O)CCCCCCCCCCCC. The molecule has 0 aliphatic carbocycles. The molecule has 0 saturated carbocycles. The van der Waals surface area contributed by atoms with Gasteiger partial charge >= 0.3 is 5.97 Å². The molecule has 0 aromatic heterocycles. The Morgan fingerprint density at radius 3 is 1.16 bits per heavy atom. The van der Waals surface area contributed by atoms with Crippen LogP contribution in [0.15, 0.2) is 0 Å². The lowest BCUT2D eigenvalue weighted by molar-refractivity contribution is -0.870. The van der Waals surface area contributed by atoms with Crippen LogP contribution in [0.2, 0.25) is 0 Å². The summed E-state index contributed by atoms with van der Waals surface area (Å²) in [6.45, 7) is 5.46. The molecule has 0 aromatic rings. The summed E-state index contributed by atoms with van der Waals surface area (Å²) in [5.74, 6) is -0.330. The highest BCUT2D eigenvalue weighted by Crippen LogP contribution is 2.38. The quantitative estimate of drug-likeness (QED) is 0.0261. The van der Waals surface area contributed by atoms with Gasteiger partial charge in [0.05, 0.1) is 34.4 Å². The Morgan fingerprint density at radius 1 is 0.474 bits per heavy atom. The van der Waals surface area contributed by atoms with E-state index in [0.29, 0.717) is 24.1 Å². The fourth-order valence-corrected chi connectivity index (χ4v) is 8.04. The summed E-state index contributed by atoms with van der Waals surface area (Å²) in [7, 11) is 1.38. The average Bonchev–Trinajstić information content (AvgIpc) is 3.16. The van der Waals surface area contributed by atoms with Gasteiger partial charge in [0.1, 0.15) is 19.3 Å². The lowest BCUT2D eigenvalue weighted by Gasteiger charge is -2.28. The van der Waals surface area contributed by atoms with E-state index in [2.05, 4.69) is 13.8 Å². The second-order valence-electron chi connectivity index (χ2n) is 18.2. The number of nitrogens with zero attached hydrogens (tertiary/aromatic N) is 1. The Kier molecular flexibility index (Phi) is 41.8. The Bertz CT molecular complexity index is 883. The van der Waals surface area contributed by atoms with Crippen LogP contribution in [-0.4, -0.2) is 70.7 Å². The van der Waals surface area contributed by atoms with Gasteiger partial charge in [-0.1, -0.05) is 226 Å². The summed E-state index contributed by atoms with van der Waals surface area (Å²) in [5, 5.41) is 0. The van der Waals surface area contributed by atoms with E-state index in [4.69, 9.17) is 18.5 Å². The van der Waals surface area contributed by atoms with Crippen molar-refractivity contribution in [3.63, 3.8) is 0 Å². The van der Waals surface area contributed by atoms with Crippen molar-refractivity contribution in [2.45, 2.75) is 251 Å². The third kappa shape index (κ3) is 46.4. The van der Waals surface area contributed by atoms with E-state index in [1.807, 2.05) is 21.1 Å². The number of quaternary nitrogens is 1. The van der Waals surface area contributed by atoms with Gasteiger partial charge < -0.3 is 27.9 Å². The van der Waals surface area contributed by atoms with Gasteiger partial charge in [0.2, 0.25) is 0 Å². The first-order valence-corrected chi connectivity index (χ1v) is 26.2. The van der Waals surface area contributed by atoms with Crippen LogP contribution in [0.1, 0.15) is 245 Å². The predicted molar refractivity (Wildman–Crippen MR) is 241 cm³/mol. The Labute approximate surface area is 355 Å². The minimum absolute atomic E-state index is 0.0313. The van der Waals surface area contributed by atoms with Gasteiger partial charge in [-0.3, -0.25) is 9.36 Å². The van der Waals surface area contributed by atoms with Gasteiger partial charge in [0.15, 0.2) is 0 Å². The van der Waals surface area contributed by atoms with E-state index in [9.17, 15) is 14.3 Å². The van der Waals surface area contributed by atoms with Crippen molar-refractivity contribution in [3.05, 3.63) is 0 Å². The number of unbranched alkanes of at least 4 members (excludes halogenated alkanes) is 33. The maximum absolute atomic E-state index is 12.6. The molecule has 0 N–H and O–H groups in total.